The van der Waals surface area contributed by atoms with Crippen LogP contribution in [0.5, 0.6) is 0 Å². The summed E-state index contributed by atoms with van der Waals surface area (Å²) >= 11 is 3.50. The predicted octanol–water partition coefficient (Wildman–Crippen LogP) is 0.156. The minimum absolute atomic E-state index is 1.38. The van der Waals surface area contributed by atoms with Crippen molar-refractivity contribution in [2.45, 2.75) is 0 Å². The lowest BCUT2D eigenvalue weighted by molar-refractivity contribution is 0.329. The molecule has 0 aromatic carbocycles. The summed E-state index contributed by atoms with van der Waals surface area (Å²) < 4.78 is 5.78. The van der Waals surface area contributed by atoms with Crippen LogP contribution in [0.15, 0.2) is 18.7 Å². The van der Waals surface area contributed by atoms with Crippen molar-refractivity contribution < 1.29 is 4.28 Å². The normalized spacial score (nSPS) is 8.71. The van der Waals surface area contributed by atoms with Gasteiger partial charge in [-0.2, -0.15) is 4.73 Å². The zero-order chi connectivity index (χ0) is 5.11. The second-order valence-corrected chi connectivity index (χ2v) is 1.17. The predicted molar refractivity (Wildman–Crippen MR) is 27.8 cm³/mol. The fourth-order valence-corrected chi connectivity index (χ4v) is 0.392. The summed E-state index contributed by atoms with van der Waals surface area (Å²) in [6.07, 6.45) is 4.76. The van der Waals surface area contributed by atoms with Crippen molar-refractivity contribution in [3.05, 3.63) is 18.7 Å². The molecular weight excluding hydrogens is 112 g/mol. The molecule has 1 aromatic heterocycles. The molecule has 1 rings (SSSR count). The minimum Gasteiger partial charge on any atom is -0.343 e. The molecule has 0 saturated carbocycles. The molecule has 7 heavy (non-hydrogen) atoms. The number of imidazole rings is 1. The molecule has 0 saturated heterocycles. The van der Waals surface area contributed by atoms with E-state index >= 15 is 0 Å². The monoisotopic (exact) mass is 116 g/mol. The highest BCUT2D eigenvalue weighted by atomic mass is 32.1. The third-order valence-electron chi connectivity index (χ3n) is 0.574. The number of thiol groups is 1. The van der Waals surface area contributed by atoms with Crippen LogP contribution in [0, 0.1) is 0 Å². The Hall–Kier alpha value is -0.640. The van der Waals surface area contributed by atoms with Crippen molar-refractivity contribution in [1.29, 1.82) is 0 Å². The van der Waals surface area contributed by atoms with Crippen molar-refractivity contribution in [3.63, 3.8) is 0 Å². The van der Waals surface area contributed by atoms with Crippen LogP contribution < -0.4 is 4.28 Å². The smallest absolute Gasteiger partial charge is 0.133 e. The van der Waals surface area contributed by atoms with Gasteiger partial charge in [0.25, 0.3) is 0 Å². The zero-order valence-corrected chi connectivity index (χ0v) is 4.38. The van der Waals surface area contributed by atoms with Gasteiger partial charge < -0.3 is 4.28 Å². The van der Waals surface area contributed by atoms with Gasteiger partial charge in [-0.1, -0.05) is 0 Å². The van der Waals surface area contributed by atoms with Gasteiger partial charge in [0.05, 0.1) is 19.1 Å². The number of hydrogen-bond acceptors (Lipinski definition) is 3. The molecule has 0 unspecified atom stereocenters. The second kappa shape index (κ2) is 1.88. The fraction of sp³-hybridized carbons (Fsp3) is 0. The van der Waals surface area contributed by atoms with Gasteiger partial charge in [0.2, 0.25) is 0 Å². The van der Waals surface area contributed by atoms with Crippen LogP contribution in [0.4, 0.5) is 0 Å². The average molecular weight is 116 g/mol. The van der Waals surface area contributed by atoms with Crippen LogP contribution >= 0.6 is 12.9 Å². The largest absolute Gasteiger partial charge is 0.343 e. The van der Waals surface area contributed by atoms with Gasteiger partial charge in [0, 0.05) is 6.20 Å². The molecule has 0 bridgehead atoms. The Bertz CT molecular complexity index is 127. The van der Waals surface area contributed by atoms with Crippen molar-refractivity contribution in [1.82, 2.24) is 9.71 Å². The Morgan fingerprint density at radius 3 is 2.86 bits per heavy atom. The summed E-state index contributed by atoms with van der Waals surface area (Å²) in [4.78, 5) is 3.68. The summed E-state index contributed by atoms with van der Waals surface area (Å²) in [5.41, 5.74) is 0. The highest BCUT2D eigenvalue weighted by molar-refractivity contribution is 7.75. The molecule has 3 nitrogen and oxygen atoms in total. The van der Waals surface area contributed by atoms with Crippen LogP contribution in [-0.2, 0) is 0 Å². The lowest BCUT2D eigenvalue weighted by Gasteiger charge is -1.89. The number of nitrogens with zero attached hydrogens (tertiary/aromatic N) is 2. The molecule has 0 amide bonds. The first-order valence-electron chi connectivity index (χ1n) is 1.73. The molecule has 0 aliphatic carbocycles. The highest BCUT2D eigenvalue weighted by Crippen LogP contribution is 1.79. The minimum atomic E-state index is 1.38. The van der Waals surface area contributed by atoms with Crippen molar-refractivity contribution in [3.8, 4) is 0 Å². The van der Waals surface area contributed by atoms with Crippen LogP contribution in [0.2, 0.25) is 0 Å². The molecule has 0 aliphatic heterocycles. The van der Waals surface area contributed by atoms with Crippen molar-refractivity contribution in [2.75, 3.05) is 0 Å². The van der Waals surface area contributed by atoms with Crippen molar-refractivity contribution in [2.24, 2.45) is 0 Å². The molecule has 4 heteroatoms. The molecule has 1 heterocycles. The summed E-state index contributed by atoms with van der Waals surface area (Å²) in [7, 11) is 0. The Balaban J connectivity index is 2.76. The first-order valence-corrected chi connectivity index (χ1v) is 2.10. The highest BCUT2D eigenvalue weighted by Gasteiger charge is 1.78. The van der Waals surface area contributed by atoms with Gasteiger partial charge in [-0.15, -0.1) is 0 Å². The number of hydrogen-bond donors (Lipinski definition) is 1. The maximum atomic E-state index is 4.40. The second-order valence-electron chi connectivity index (χ2n) is 1.00. The first kappa shape index (κ1) is 4.52. The van der Waals surface area contributed by atoms with Gasteiger partial charge in [0.1, 0.15) is 6.33 Å². The SMILES string of the molecule is SOn1ccnc1. The Morgan fingerprint density at radius 2 is 2.57 bits per heavy atom. The first-order chi connectivity index (χ1) is 3.43. The van der Waals surface area contributed by atoms with Crippen LogP contribution in [0.25, 0.3) is 0 Å². The van der Waals surface area contributed by atoms with E-state index in [2.05, 4.69) is 22.2 Å². The topological polar surface area (TPSA) is 27.1 Å². The summed E-state index contributed by atoms with van der Waals surface area (Å²) in [6, 6.07) is 0. The average Bonchev–Trinajstić information content (AvgIpc) is 2.14. The van der Waals surface area contributed by atoms with Gasteiger partial charge >= 0.3 is 0 Å². The molecule has 1 aromatic rings. The van der Waals surface area contributed by atoms with Gasteiger partial charge in [-0.3, -0.25) is 0 Å². The van der Waals surface area contributed by atoms with Crippen molar-refractivity contribution >= 4 is 12.9 Å². The van der Waals surface area contributed by atoms with E-state index in [0.717, 1.165) is 0 Å². The molecule has 0 radical (unpaired) electrons. The molecule has 0 aliphatic rings. The lowest BCUT2D eigenvalue weighted by Crippen LogP contribution is -1.93. The van der Waals surface area contributed by atoms with E-state index in [9.17, 15) is 0 Å². The Kier molecular flexibility index (Phi) is 1.21. The van der Waals surface area contributed by atoms with Gasteiger partial charge in [-0.05, 0) is 0 Å². The standard InChI is InChI=1S/C3H4N2OS/c7-6-5-2-1-4-3-5/h1-3,7H. The number of rotatable bonds is 1. The maximum Gasteiger partial charge on any atom is 0.133 e. The van der Waals surface area contributed by atoms with E-state index in [-0.39, 0.29) is 0 Å². The van der Waals surface area contributed by atoms with E-state index in [1.165, 1.54) is 11.1 Å². The lowest BCUT2D eigenvalue weighted by atomic mass is 11.0. The van der Waals surface area contributed by atoms with Gasteiger partial charge in [-0.25, -0.2) is 4.98 Å². The molecular formula is C3H4N2OS. The summed E-state index contributed by atoms with van der Waals surface area (Å²) in [6.45, 7) is 0. The summed E-state index contributed by atoms with van der Waals surface area (Å²) in [5, 5.41) is 0. The van der Waals surface area contributed by atoms with E-state index in [1.807, 2.05) is 0 Å². The summed E-state index contributed by atoms with van der Waals surface area (Å²) in [5.74, 6) is 0. The van der Waals surface area contributed by atoms with E-state index in [1.54, 1.807) is 12.4 Å². The third-order valence-corrected chi connectivity index (χ3v) is 0.763. The van der Waals surface area contributed by atoms with E-state index < -0.39 is 0 Å². The fourth-order valence-electron chi connectivity index (χ4n) is 0.295. The molecule has 0 spiro atoms. The Morgan fingerprint density at radius 1 is 1.71 bits per heavy atom. The Labute approximate surface area is 46.5 Å². The molecule has 0 fully saturated rings. The third kappa shape index (κ3) is 0.866. The van der Waals surface area contributed by atoms with Crippen LogP contribution in [-0.4, -0.2) is 9.71 Å². The quantitative estimate of drug-likeness (QED) is 0.418. The molecule has 0 atom stereocenters. The maximum absolute atomic E-state index is 4.40. The molecule has 38 valence electrons. The number of aromatic nitrogens is 2. The van der Waals surface area contributed by atoms with E-state index in [4.69, 9.17) is 0 Å². The molecule has 0 N–H and O–H groups in total. The zero-order valence-electron chi connectivity index (χ0n) is 3.48. The van der Waals surface area contributed by atoms with E-state index in [0.29, 0.717) is 0 Å². The van der Waals surface area contributed by atoms with Crippen LogP contribution in [0.3, 0.4) is 0 Å². The van der Waals surface area contributed by atoms with Gasteiger partial charge in [0.15, 0.2) is 0 Å². The van der Waals surface area contributed by atoms with Crippen LogP contribution in [0.1, 0.15) is 0 Å².